The van der Waals surface area contributed by atoms with Gasteiger partial charge >= 0.3 is 0 Å². The number of carbonyl (C=O) groups is 1. The second-order valence-electron chi connectivity index (χ2n) is 5.66. The van der Waals surface area contributed by atoms with Crippen LogP contribution >= 0.6 is 0 Å². The van der Waals surface area contributed by atoms with Crippen LogP contribution in [0.15, 0.2) is 43.0 Å². The van der Waals surface area contributed by atoms with Crippen molar-refractivity contribution in [3.63, 3.8) is 0 Å². The van der Waals surface area contributed by atoms with Crippen molar-refractivity contribution in [1.82, 2.24) is 5.32 Å². The van der Waals surface area contributed by atoms with Crippen molar-refractivity contribution in [3.8, 4) is 11.1 Å². The first-order valence-electron chi connectivity index (χ1n) is 7.25. The fourth-order valence-corrected chi connectivity index (χ4v) is 2.26. The molecule has 1 amide bonds. The van der Waals surface area contributed by atoms with Crippen molar-refractivity contribution in [2.75, 3.05) is 0 Å². The van der Waals surface area contributed by atoms with Crippen molar-refractivity contribution >= 4 is 12.0 Å². The van der Waals surface area contributed by atoms with Crippen LogP contribution in [0.4, 0.5) is 4.39 Å². The van der Waals surface area contributed by atoms with Gasteiger partial charge in [0.25, 0.3) is 5.91 Å². The summed E-state index contributed by atoms with van der Waals surface area (Å²) >= 11 is 0. The third-order valence-corrected chi connectivity index (χ3v) is 3.31. The van der Waals surface area contributed by atoms with E-state index in [4.69, 9.17) is 0 Å². The number of amides is 1. The van der Waals surface area contributed by atoms with E-state index in [0.717, 1.165) is 11.1 Å². The molecule has 3 heteroatoms. The number of nitrogens with one attached hydrogen (secondary N) is 1. The Labute approximate surface area is 130 Å². The summed E-state index contributed by atoms with van der Waals surface area (Å²) in [5, 5.41) is 2.85. The van der Waals surface area contributed by atoms with Crippen LogP contribution in [0.25, 0.3) is 17.2 Å². The van der Waals surface area contributed by atoms with Crippen LogP contribution in [0.1, 0.15) is 35.3 Å². The number of rotatable bonds is 4. The Bertz CT molecular complexity index is 719. The molecule has 2 rings (SSSR count). The maximum atomic E-state index is 14.2. The maximum absolute atomic E-state index is 14.2. The predicted octanol–water partition coefficient (Wildman–Crippen LogP) is 4.58. The molecular formula is C19H20FNO. The molecule has 0 aromatic heterocycles. The van der Waals surface area contributed by atoms with Crippen molar-refractivity contribution in [2.24, 2.45) is 0 Å². The highest BCUT2D eigenvalue weighted by Crippen LogP contribution is 2.26. The molecule has 2 aromatic carbocycles. The molecular weight excluding hydrogens is 277 g/mol. The summed E-state index contributed by atoms with van der Waals surface area (Å²) in [5.74, 6) is -0.469. The number of carbonyl (C=O) groups excluding carboxylic acids is 1. The van der Waals surface area contributed by atoms with Crippen LogP contribution in [0.5, 0.6) is 0 Å². The Balaban J connectivity index is 2.52. The van der Waals surface area contributed by atoms with Gasteiger partial charge in [-0.3, -0.25) is 4.79 Å². The van der Waals surface area contributed by atoms with E-state index in [1.165, 1.54) is 6.07 Å². The van der Waals surface area contributed by atoms with E-state index in [9.17, 15) is 9.18 Å². The largest absolute Gasteiger partial charge is 0.350 e. The average molecular weight is 297 g/mol. The SMILES string of the molecule is C=Cc1cc(C(=O)NC(C)C)cc(-c2ccc(C)cc2F)c1. The Hall–Kier alpha value is -2.42. The van der Waals surface area contributed by atoms with E-state index in [2.05, 4.69) is 11.9 Å². The molecule has 0 spiro atoms. The van der Waals surface area contributed by atoms with E-state index in [1.807, 2.05) is 32.9 Å². The minimum Gasteiger partial charge on any atom is -0.350 e. The Morgan fingerprint density at radius 3 is 2.55 bits per heavy atom. The number of benzene rings is 2. The Kier molecular flexibility index (Phi) is 4.76. The van der Waals surface area contributed by atoms with Gasteiger partial charge in [-0.25, -0.2) is 4.39 Å². The molecule has 0 heterocycles. The Morgan fingerprint density at radius 2 is 1.95 bits per heavy atom. The molecule has 0 fully saturated rings. The van der Waals surface area contributed by atoms with Crippen LogP contribution in [-0.2, 0) is 0 Å². The summed E-state index contributed by atoms with van der Waals surface area (Å²) in [5.41, 5.74) is 3.29. The van der Waals surface area contributed by atoms with Crippen LogP contribution in [0, 0.1) is 12.7 Å². The fraction of sp³-hybridized carbons (Fsp3) is 0.211. The molecule has 0 atom stereocenters. The lowest BCUT2D eigenvalue weighted by Crippen LogP contribution is -2.30. The first-order chi connectivity index (χ1) is 10.4. The highest BCUT2D eigenvalue weighted by Gasteiger charge is 2.12. The minimum atomic E-state index is -0.295. The standard InChI is InChI=1S/C19H20FNO/c1-5-14-9-15(17-7-6-13(4)8-18(17)20)11-16(10-14)19(22)21-12(2)3/h5-12H,1H2,2-4H3,(H,21,22). The molecule has 1 N–H and O–H groups in total. The van der Waals surface area contributed by atoms with Gasteiger partial charge in [-0.2, -0.15) is 0 Å². The first kappa shape index (κ1) is 16.0. The molecule has 0 radical (unpaired) electrons. The molecule has 0 unspecified atom stereocenters. The third kappa shape index (κ3) is 3.61. The third-order valence-electron chi connectivity index (χ3n) is 3.31. The van der Waals surface area contributed by atoms with Gasteiger partial charge in [0, 0.05) is 17.2 Å². The van der Waals surface area contributed by atoms with Crippen LogP contribution in [-0.4, -0.2) is 11.9 Å². The average Bonchev–Trinajstić information content (AvgIpc) is 2.46. The van der Waals surface area contributed by atoms with E-state index in [1.54, 1.807) is 24.3 Å². The van der Waals surface area contributed by atoms with Gasteiger partial charge in [0.15, 0.2) is 0 Å². The lowest BCUT2D eigenvalue weighted by molar-refractivity contribution is 0.0943. The molecule has 22 heavy (non-hydrogen) atoms. The summed E-state index contributed by atoms with van der Waals surface area (Å²) in [7, 11) is 0. The quantitative estimate of drug-likeness (QED) is 0.879. The summed E-state index contributed by atoms with van der Waals surface area (Å²) in [6.45, 7) is 9.38. The fourth-order valence-electron chi connectivity index (χ4n) is 2.26. The molecule has 0 saturated carbocycles. The minimum absolute atomic E-state index is 0.0412. The molecule has 114 valence electrons. The van der Waals surface area contributed by atoms with Gasteiger partial charge in [0.1, 0.15) is 5.82 Å². The monoisotopic (exact) mass is 297 g/mol. The van der Waals surface area contributed by atoms with Gasteiger partial charge in [0.05, 0.1) is 0 Å². The molecule has 0 saturated heterocycles. The molecule has 2 nitrogen and oxygen atoms in total. The van der Waals surface area contributed by atoms with Crippen molar-refractivity contribution < 1.29 is 9.18 Å². The second-order valence-corrected chi connectivity index (χ2v) is 5.66. The molecule has 2 aromatic rings. The second kappa shape index (κ2) is 6.56. The molecule has 0 aliphatic rings. The predicted molar refractivity (Wildman–Crippen MR) is 89.3 cm³/mol. The lowest BCUT2D eigenvalue weighted by atomic mass is 9.98. The topological polar surface area (TPSA) is 29.1 Å². The zero-order valence-corrected chi connectivity index (χ0v) is 13.1. The maximum Gasteiger partial charge on any atom is 0.251 e. The molecule has 0 aliphatic carbocycles. The Morgan fingerprint density at radius 1 is 1.23 bits per heavy atom. The highest BCUT2D eigenvalue weighted by atomic mass is 19.1. The molecule has 0 aliphatic heterocycles. The number of aryl methyl sites for hydroxylation is 1. The number of halogens is 1. The van der Waals surface area contributed by atoms with Crippen molar-refractivity contribution in [1.29, 1.82) is 0 Å². The summed E-state index contributed by atoms with van der Waals surface area (Å²) in [6, 6.07) is 10.4. The van der Waals surface area contributed by atoms with E-state index in [-0.39, 0.29) is 17.8 Å². The van der Waals surface area contributed by atoms with Crippen molar-refractivity contribution in [3.05, 3.63) is 65.5 Å². The van der Waals surface area contributed by atoms with Gasteiger partial charge < -0.3 is 5.32 Å². The summed E-state index contributed by atoms with van der Waals surface area (Å²) < 4.78 is 14.2. The molecule has 0 bridgehead atoms. The zero-order valence-electron chi connectivity index (χ0n) is 13.1. The summed E-state index contributed by atoms with van der Waals surface area (Å²) in [4.78, 5) is 12.2. The first-order valence-corrected chi connectivity index (χ1v) is 7.25. The van der Waals surface area contributed by atoms with Gasteiger partial charge in [-0.15, -0.1) is 0 Å². The number of hydrogen-bond donors (Lipinski definition) is 1. The lowest BCUT2D eigenvalue weighted by Gasteiger charge is -2.12. The van der Waals surface area contributed by atoms with Crippen LogP contribution in [0.3, 0.4) is 0 Å². The van der Waals surface area contributed by atoms with Crippen LogP contribution in [0.2, 0.25) is 0 Å². The van der Waals surface area contributed by atoms with Gasteiger partial charge in [0.2, 0.25) is 0 Å². The van der Waals surface area contributed by atoms with E-state index >= 15 is 0 Å². The van der Waals surface area contributed by atoms with Crippen molar-refractivity contribution in [2.45, 2.75) is 26.8 Å². The summed E-state index contributed by atoms with van der Waals surface area (Å²) in [6.07, 6.45) is 1.65. The van der Waals surface area contributed by atoms with Crippen LogP contribution < -0.4 is 5.32 Å². The highest BCUT2D eigenvalue weighted by molar-refractivity contribution is 5.96. The van der Waals surface area contributed by atoms with E-state index < -0.39 is 0 Å². The normalized spacial score (nSPS) is 10.6. The smallest absolute Gasteiger partial charge is 0.251 e. The van der Waals surface area contributed by atoms with Gasteiger partial charge in [-0.1, -0.05) is 24.8 Å². The number of hydrogen-bond acceptors (Lipinski definition) is 1. The van der Waals surface area contributed by atoms with E-state index in [0.29, 0.717) is 16.7 Å². The zero-order chi connectivity index (χ0) is 16.3. The van der Waals surface area contributed by atoms with Gasteiger partial charge in [-0.05, 0) is 61.7 Å².